The summed E-state index contributed by atoms with van der Waals surface area (Å²) in [6, 6.07) is 11.4. The van der Waals surface area contributed by atoms with E-state index >= 15 is 0 Å². The van der Waals surface area contributed by atoms with Gasteiger partial charge in [0.05, 0.1) is 12.5 Å². The van der Waals surface area contributed by atoms with Crippen molar-refractivity contribution < 1.29 is 14.3 Å². The molecule has 28 heavy (non-hydrogen) atoms. The van der Waals surface area contributed by atoms with E-state index in [4.69, 9.17) is 9.47 Å². The molecule has 0 spiro atoms. The van der Waals surface area contributed by atoms with Crippen molar-refractivity contribution in [2.75, 3.05) is 7.11 Å². The molecule has 148 valence electrons. The van der Waals surface area contributed by atoms with Crippen molar-refractivity contribution in [3.63, 3.8) is 0 Å². The topological polar surface area (TPSA) is 48.4 Å². The molecular weight excluding hydrogens is 374 g/mol. The first kappa shape index (κ1) is 19.3. The second-order valence-electron chi connectivity index (χ2n) is 8.67. The molecule has 0 saturated heterocycles. The maximum absolute atomic E-state index is 13.3. The molecule has 4 saturated carbocycles. The van der Waals surface area contributed by atoms with Crippen molar-refractivity contribution >= 4 is 18.4 Å². The molecule has 1 aromatic carbocycles. The zero-order valence-corrected chi connectivity index (χ0v) is 16.9. The van der Waals surface area contributed by atoms with Crippen LogP contribution in [-0.2, 0) is 4.79 Å². The number of hydrogen-bond donors (Lipinski definition) is 0. The summed E-state index contributed by atoms with van der Waals surface area (Å²) in [5.74, 6) is 3.48. The van der Waals surface area contributed by atoms with Crippen molar-refractivity contribution in [3.8, 4) is 22.8 Å². The lowest BCUT2D eigenvalue weighted by Gasteiger charge is -2.55. The van der Waals surface area contributed by atoms with Gasteiger partial charge in [-0.05, 0) is 92.7 Å². The first-order chi connectivity index (χ1) is 13.1. The lowest BCUT2D eigenvalue weighted by Crippen LogP contribution is -2.51. The summed E-state index contributed by atoms with van der Waals surface area (Å²) in [6.07, 6.45) is 8.72. The number of rotatable bonds is 4. The summed E-state index contributed by atoms with van der Waals surface area (Å²) < 4.78 is 11.2. The number of halogens is 1. The van der Waals surface area contributed by atoms with Crippen molar-refractivity contribution in [1.29, 1.82) is 0 Å². The number of nitrogens with zero attached hydrogens (tertiary/aromatic N) is 1. The van der Waals surface area contributed by atoms with Crippen LogP contribution in [0.3, 0.4) is 0 Å². The highest BCUT2D eigenvalue weighted by molar-refractivity contribution is 5.85. The molecule has 4 bridgehead atoms. The van der Waals surface area contributed by atoms with Crippen LogP contribution >= 0.6 is 12.4 Å². The second kappa shape index (κ2) is 7.40. The fraction of sp³-hybridized carbons (Fsp3) is 0.478. The minimum Gasteiger partial charge on any atom is -0.497 e. The number of benzene rings is 1. The van der Waals surface area contributed by atoms with Gasteiger partial charge in [0, 0.05) is 11.8 Å². The molecule has 1 aromatic heterocycles. The molecule has 4 fully saturated rings. The average Bonchev–Trinajstić information content (AvgIpc) is 2.67. The van der Waals surface area contributed by atoms with Crippen molar-refractivity contribution in [2.45, 2.75) is 38.5 Å². The molecule has 4 aliphatic carbocycles. The van der Waals surface area contributed by atoms with Crippen LogP contribution < -0.4 is 9.47 Å². The molecule has 4 aliphatic rings. The fourth-order valence-electron chi connectivity index (χ4n) is 6.01. The van der Waals surface area contributed by atoms with Gasteiger partial charge in [0.15, 0.2) is 5.75 Å². The van der Waals surface area contributed by atoms with E-state index in [1.807, 2.05) is 36.4 Å². The van der Waals surface area contributed by atoms with E-state index in [9.17, 15) is 4.79 Å². The second-order valence-corrected chi connectivity index (χ2v) is 8.67. The molecule has 0 amide bonds. The van der Waals surface area contributed by atoms with Crippen LogP contribution in [0.25, 0.3) is 11.3 Å². The smallest absolute Gasteiger partial charge is 0.317 e. The molecule has 4 nitrogen and oxygen atoms in total. The summed E-state index contributed by atoms with van der Waals surface area (Å²) in [5.41, 5.74) is 1.37. The highest BCUT2D eigenvalue weighted by Crippen LogP contribution is 2.60. The van der Waals surface area contributed by atoms with Gasteiger partial charge in [-0.25, -0.2) is 0 Å². The fourth-order valence-corrected chi connectivity index (χ4v) is 6.01. The predicted molar refractivity (Wildman–Crippen MR) is 110 cm³/mol. The van der Waals surface area contributed by atoms with Crippen LogP contribution in [0, 0.1) is 23.2 Å². The standard InChI is InChI=1S/C23H25NO3.ClH/c1-26-19-6-4-18(5-7-19)21-20(3-2-8-24-21)27-22(25)23-12-15-9-16(13-23)11-17(10-15)14-23;/h2-8,15-17H,9-14H2,1H3;1H. The van der Waals surface area contributed by atoms with Gasteiger partial charge in [0.2, 0.25) is 0 Å². The molecule has 1 heterocycles. The zero-order chi connectivity index (χ0) is 18.4. The Morgan fingerprint density at radius 3 is 2.18 bits per heavy atom. The van der Waals surface area contributed by atoms with Gasteiger partial charge < -0.3 is 9.47 Å². The Balaban J connectivity index is 0.00000192. The molecule has 0 N–H and O–H groups in total. The van der Waals surface area contributed by atoms with E-state index in [-0.39, 0.29) is 23.8 Å². The number of carbonyl (C=O) groups excluding carboxylic acids is 1. The Kier molecular flexibility index (Phi) is 5.09. The average molecular weight is 400 g/mol. The molecular formula is C23H26ClNO3. The van der Waals surface area contributed by atoms with Crippen LogP contribution in [0.2, 0.25) is 0 Å². The van der Waals surface area contributed by atoms with E-state index in [2.05, 4.69) is 4.98 Å². The molecule has 0 aliphatic heterocycles. The molecule has 6 rings (SSSR count). The monoisotopic (exact) mass is 399 g/mol. The van der Waals surface area contributed by atoms with Crippen LogP contribution in [0.4, 0.5) is 0 Å². The minimum absolute atomic E-state index is 0. The Bertz CT molecular complexity index is 829. The first-order valence-electron chi connectivity index (χ1n) is 9.97. The normalized spacial score (nSPS) is 29.8. The highest BCUT2D eigenvalue weighted by Gasteiger charge is 2.55. The summed E-state index contributed by atoms with van der Waals surface area (Å²) in [5, 5.41) is 0. The lowest BCUT2D eigenvalue weighted by atomic mass is 9.49. The highest BCUT2D eigenvalue weighted by atomic mass is 35.5. The van der Waals surface area contributed by atoms with Crippen molar-refractivity contribution in [3.05, 3.63) is 42.6 Å². The molecule has 0 atom stereocenters. The van der Waals surface area contributed by atoms with Gasteiger partial charge in [0.1, 0.15) is 11.4 Å². The molecule has 0 radical (unpaired) electrons. The minimum atomic E-state index is -0.262. The molecule has 5 heteroatoms. The van der Waals surface area contributed by atoms with E-state index in [1.165, 1.54) is 19.3 Å². The van der Waals surface area contributed by atoms with Crippen LogP contribution in [0.15, 0.2) is 42.6 Å². The quantitative estimate of drug-likeness (QED) is 0.654. The number of carbonyl (C=O) groups is 1. The third-order valence-corrected chi connectivity index (χ3v) is 6.81. The van der Waals surface area contributed by atoms with Crippen LogP contribution in [-0.4, -0.2) is 18.1 Å². The summed E-state index contributed by atoms with van der Waals surface area (Å²) in [7, 11) is 1.65. The lowest BCUT2D eigenvalue weighted by molar-refractivity contribution is -0.161. The number of ether oxygens (including phenoxy) is 2. The van der Waals surface area contributed by atoms with Gasteiger partial charge in [-0.1, -0.05) is 0 Å². The zero-order valence-electron chi connectivity index (χ0n) is 16.1. The Hall–Kier alpha value is -2.07. The summed E-state index contributed by atoms with van der Waals surface area (Å²) in [6.45, 7) is 0. The number of hydrogen-bond acceptors (Lipinski definition) is 4. The maximum atomic E-state index is 13.3. The Labute approximate surface area is 172 Å². The van der Waals surface area contributed by atoms with Gasteiger partial charge in [-0.3, -0.25) is 9.78 Å². The third kappa shape index (κ3) is 3.28. The first-order valence-corrected chi connectivity index (χ1v) is 9.97. The predicted octanol–water partition coefficient (Wildman–Crippen LogP) is 5.30. The molecule has 0 unspecified atom stereocenters. The number of pyridine rings is 1. The van der Waals surface area contributed by atoms with Gasteiger partial charge in [-0.15, -0.1) is 12.4 Å². The van der Waals surface area contributed by atoms with E-state index in [0.717, 1.165) is 48.3 Å². The third-order valence-electron chi connectivity index (χ3n) is 6.81. The summed E-state index contributed by atoms with van der Waals surface area (Å²) in [4.78, 5) is 17.8. The van der Waals surface area contributed by atoms with E-state index in [1.54, 1.807) is 13.3 Å². The van der Waals surface area contributed by atoms with E-state index < -0.39 is 0 Å². The SMILES string of the molecule is COc1ccc(-c2ncccc2OC(=O)C23CC4CC(CC(C4)C2)C3)cc1.Cl. The summed E-state index contributed by atoms with van der Waals surface area (Å²) >= 11 is 0. The number of aromatic nitrogens is 1. The van der Waals surface area contributed by atoms with Crippen LogP contribution in [0.5, 0.6) is 11.5 Å². The number of methoxy groups -OCH3 is 1. The largest absolute Gasteiger partial charge is 0.497 e. The Morgan fingerprint density at radius 2 is 1.61 bits per heavy atom. The van der Waals surface area contributed by atoms with Gasteiger partial charge >= 0.3 is 5.97 Å². The van der Waals surface area contributed by atoms with Crippen LogP contribution in [0.1, 0.15) is 38.5 Å². The van der Waals surface area contributed by atoms with Gasteiger partial charge in [0.25, 0.3) is 0 Å². The van der Waals surface area contributed by atoms with E-state index in [0.29, 0.717) is 11.4 Å². The number of esters is 1. The molecule has 2 aromatic rings. The Morgan fingerprint density at radius 1 is 1.00 bits per heavy atom. The van der Waals surface area contributed by atoms with Crippen molar-refractivity contribution in [1.82, 2.24) is 4.98 Å². The van der Waals surface area contributed by atoms with Crippen molar-refractivity contribution in [2.24, 2.45) is 23.2 Å². The maximum Gasteiger partial charge on any atom is 0.317 e. The van der Waals surface area contributed by atoms with Gasteiger partial charge in [-0.2, -0.15) is 0 Å².